The Bertz CT molecular complexity index is 478. The molecule has 1 unspecified atom stereocenters. The monoisotopic (exact) mass is 310 g/mol. The third-order valence-corrected chi connectivity index (χ3v) is 3.70. The van der Waals surface area contributed by atoms with Gasteiger partial charge in [-0.15, -0.1) is 0 Å². The number of hydrogen-bond acceptors (Lipinski definition) is 5. The SMILES string of the molecule is COC(=O)CCSCc1cccc(NC(=O)CC(C)N)c1. The van der Waals surface area contributed by atoms with E-state index in [4.69, 9.17) is 5.73 Å². The molecule has 6 heteroatoms. The zero-order valence-corrected chi connectivity index (χ0v) is 13.2. The molecule has 0 heterocycles. The lowest BCUT2D eigenvalue weighted by molar-refractivity contribution is -0.140. The first-order valence-electron chi connectivity index (χ1n) is 6.80. The van der Waals surface area contributed by atoms with Crippen molar-refractivity contribution >= 4 is 29.3 Å². The van der Waals surface area contributed by atoms with Crippen molar-refractivity contribution in [1.29, 1.82) is 0 Å². The van der Waals surface area contributed by atoms with Crippen LogP contribution in [0.3, 0.4) is 0 Å². The lowest BCUT2D eigenvalue weighted by atomic mass is 10.2. The maximum atomic E-state index is 11.7. The average molecular weight is 310 g/mol. The normalized spacial score (nSPS) is 11.8. The lowest BCUT2D eigenvalue weighted by Gasteiger charge is -2.09. The quantitative estimate of drug-likeness (QED) is 0.568. The van der Waals surface area contributed by atoms with Gasteiger partial charge >= 0.3 is 5.97 Å². The van der Waals surface area contributed by atoms with E-state index < -0.39 is 0 Å². The maximum absolute atomic E-state index is 11.7. The van der Waals surface area contributed by atoms with Crippen LogP contribution in [0.2, 0.25) is 0 Å². The van der Waals surface area contributed by atoms with Gasteiger partial charge in [-0.3, -0.25) is 9.59 Å². The number of anilines is 1. The van der Waals surface area contributed by atoms with Crippen LogP contribution in [0.25, 0.3) is 0 Å². The van der Waals surface area contributed by atoms with Crippen molar-refractivity contribution < 1.29 is 14.3 Å². The van der Waals surface area contributed by atoms with Crippen molar-refractivity contribution in [2.45, 2.75) is 31.6 Å². The Balaban J connectivity index is 2.41. The lowest BCUT2D eigenvalue weighted by Crippen LogP contribution is -2.23. The Hall–Kier alpha value is -1.53. The van der Waals surface area contributed by atoms with Gasteiger partial charge in [0.15, 0.2) is 0 Å². The summed E-state index contributed by atoms with van der Waals surface area (Å²) in [7, 11) is 1.39. The topological polar surface area (TPSA) is 81.4 Å². The summed E-state index contributed by atoms with van der Waals surface area (Å²) in [6, 6.07) is 7.53. The molecule has 0 fully saturated rings. The highest BCUT2D eigenvalue weighted by Crippen LogP contribution is 2.17. The number of nitrogens with one attached hydrogen (secondary N) is 1. The number of benzene rings is 1. The number of carbonyl (C=O) groups excluding carboxylic acids is 2. The van der Waals surface area contributed by atoms with Gasteiger partial charge in [0.1, 0.15) is 0 Å². The molecule has 1 rings (SSSR count). The molecule has 1 atom stereocenters. The van der Waals surface area contributed by atoms with Gasteiger partial charge in [0.05, 0.1) is 13.5 Å². The Morgan fingerprint density at radius 3 is 2.86 bits per heavy atom. The summed E-state index contributed by atoms with van der Waals surface area (Å²) >= 11 is 1.65. The van der Waals surface area contributed by atoms with Gasteiger partial charge in [-0.25, -0.2) is 0 Å². The van der Waals surface area contributed by atoms with Crippen molar-refractivity contribution in [3.63, 3.8) is 0 Å². The fourth-order valence-electron chi connectivity index (χ4n) is 1.69. The molecule has 3 N–H and O–H groups in total. The van der Waals surface area contributed by atoms with Crippen molar-refractivity contribution in [2.75, 3.05) is 18.2 Å². The molecule has 21 heavy (non-hydrogen) atoms. The van der Waals surface area contributed by atoms with E-state index in [-0.39, 0.29) is 17.9 Å². The molecule has 0 aliphatic heterocycles. The summed E-state index contributed by atoms with van der Waals surface area (Å²) in [6.45, 7) is 1.80. The smallest absolute Gasteiger partial charge is 0.306 e. The first kappa shape index (κ1) is 17.5. The van der Waals surface area contributed by atoms with Crippen molar-refractivity contribution in [2.24, 2.45) is 5.73 Å². The predicted octanol–water partition coefficient (Wildman–Crippen LogP) is 2.16. The third-order valence-electron chi connectivity index (χ3n) is 2.67. The van der Waals surface area contributed by atoms with Crippen LogP contribution in [0.15, 0.2) is 24.3 Å². The number of thioether (sulfide) groups is 1. The molecular formula is C15H22N2O3S. The zero-order valence-electron chi connectivity index (χ0n) is 12.4. The first-order valence-corrected chi connectivity index (χ1v) is 7.95. The number of carbonyl (C=O) groups is 2. The molecule has 0 saturated heterocycles. The zero-order chi connectivity index (χ0) is 15.7. The van der Waals surface area contributed by atoms with E-state index in [0.717, 1.165) is 17.0 Å². The van der Waals surface area contributed by atoms with Crippen LogP contribution in [0.4, 0.5) is 5.69 Å². The van der Waals surface area contributed by atoms with Crippen molar-refractivity contribution in [3.8, 4) is 0 Å². The number of nitrogens with two attached hydrogens (primary N) is 1. The van der Waals surface area contributed by atoms with E-state index in [1.807, 2.05) is 24.3 Å². The van der Waals surface area contributed by atoms with Crippen LogP contribution in [0, 0.1) is 0 Å². The van der Waals surface area contributed by atoms with Crippen LogP contribution in [0.1, 0.15) is 25.3 Å². The van der Waals surface area contributed by atoms with Crippen LogP contribution in [0.5, 0.6) is 0 Å². The van der Waals surface area contributed by atoms with Gasteiger partial charge < -0.3 is 15.8 Å². The molecular weight excluding hydrogens is 288 g/mol. The number of methoxy groups -OCH3 is 1. The van der Waals surface area contributed by atoms with Crippen LogP contribution >= 0.6 is 11.8 Å². The summed E-state index contributed by atoms with van der Waals surface area (Å²) in [5.41, 5.74) is 7.46. The van der Waals surface area contributed by atoms with Crippen LogP contribution in [-0.2, 0) is 20.1 Å². The van der Waals surface area contributed by atoms with Gasteiger partial charge in [0.25, 0.3) is 0 Å². The summed E-state index contributed by atoms with van der Waals surface area (Å²) in [4.78, 5) is 22.6. The van der Waals surface area contributed by atoms with Gasteiger partial charge in [-0.05, 0) is 24.6 Å². The summed E-state index contributed by atoms with van der Waals surface area (Å²) in [6.07, 6.45) is 0.712. The van der Waals surface area contributed by atoms with Gasteiger partial charge in [0.2, 0.25) is 5.91 Å². The Morgan fingerprint density at radius 1 is 1.43 bits per heavy atom. The standard InChI is InChI=1S/C15H22N2O3S/c1-11(16)8-14(18)17-13-5-3-4-12(9-13)10-21-7-6-15(19)20-2/h3-5,9,11H,6-8,10,16H2,1-2H3,(H,17,18). The predicted molar refractivity (Wildman–Crippen MR) is 86.1 cm³/mol. The molecule has 1 aromatic rings. The highest BCUT2D eigenvalue weighted by Gasteiger charge is 2.06. The fraction of sp³-hybridized carbons (Fsp3) is 0.467. The third kappa shape index (κ3) is 7.72. The van der Waals surface area contributed by atoms with Crippen molar-refractivity contribution in [3.05, 3.63) is 29.8 Å². The molecule has 0 saturated carbocycles. The van der Waals surface area contributed by atoms with E-state index in [2.05, 4.69) is 10.1 Å². The maximum Gasteiger partial charge on any atom is 0.306 e. The molecule has 1 aromatic carbocycles. The molecule has 0 spiro atoms. The number of esters is 1. The molecule has 5 nitrogen and oxygen atoms in total. The van der Waals surface area contributed by atoms with E-state index in [9.17, 15) is 9.59 Å². The summed E-state index contributed by atoms with van der Waals surface area (Å²) < 4.78 is 4.59. The molecule has 0 aromatic heterocycles. The Morgan fingerprint density at radius 2 is 2.19 bits per heavy atom. The minimum Gasteiger partial charge on any atom is -0.469 e. The van der Waals surface area contributed by atoms with E-state index in [1.54, 1.807) is 18.7 Å². The minimum atomic E-state index is -0.195. The van der Waals surface area contributed by atoms with Gasteiger partial charge in [-0.2, -0.15) is 11.8 Å². The molecule has 0 bridgehead atoms. The summed E-state index contributed by atoms with van der Waals surface area (Å²) in [5.74, 6) is 1.22. The highest BCUT2D eigenvalue weighted by molar-refractivity contribution is 7.98. The number of ether oxygens (including phenoxy) is 1. The number of hydrogen-bond donors (Lipinski definition) is 2. The van der Waals surface area contributed by atoms with E-state index in [0.29, 0.717) is 18.6 Å². The Labute approximate surface area is 129 Å². The second-order valence-corrected chi connectivity index (χ2v) is 5.91. The summed E-state index contributed by atoms with van der Waals surface area (Å²) in [5, 5.41) is 2.83. The fourth-order valence-corrected chi connectivity index (χ4v) is 2.56. The molecule has 1 amide bonds. The minimum absolute atomic E-state index is 0.0829. The van der Waals surface area contributed by atoms with Gasteiger partial charge in [0, 0.05) is 29.7 Å². The van der Waals surface area contributed by atoms with Crippen LogP contribution in [-0.4, -0.2) is 30.8 Å². The molecule has 0 aliphatic rings. The van der Waals surface area contributed by atoms with Crippen molar-refractivity contribution in [1.82, 2.24) is 0 Å². The second kappa shape index (κ2) is 9.41. The van der Waals surface area contributed by atoms with E-state index >= 15 is 0 Å². The molecule has 0 aliphatic carbocycles. The Kier molecular flexibility index (Phi) is 7.85. The average Bonchev–Trinajstić information content (AvgIpc) is 2.42. The number of amides is 1. The largest absolute Gasteiger partial charge is 0.469 e. The van der Waals surface area contributed by atoms with Gasteiger partial charge in [-0.1, -0.05) is 12.1 Å². The van der Waals surface area contributed by atoms with Crippen LogP contribution < -0.4 is 11.1 Å². The van der Waals surface area contributed by atoms with E-state index in [1.165, 1.54) is 7.11 Å². The second-order valence-electron chi connectivity index (χ2n) is 4.81. The first-order chi connectivity index (χ1) is 10.0. The molecule has 116 valence electrons. The number of rotatable bonds is 8. The molecule has 0 radical (unpaired) electrons. The highest BCUT2D eigenvalue weighted by atomic mass is 32.2.